The summed E-state index contributed by atoms with van der Waals surface area (Å²) < 4.78 is 49.7. The fourth-order valence-electron chi connectivity index (χ4n) is 10.0. The number of rotatable bonds is 8. The Bertz CT molecular complexity index is 1420. The van der Waals surface area contributed by atoms with Crippen molar-refractivity contribution in [2.24, 2.45) is 24.0 Å². The lowest BCUT2D eigenvalue weighted by molar-refractivity contribution is 0.327. The molecule has 0 N–H and O–H groups in total. The Labute approximate surface area is 303 Å². The molecular weight excluding hydrogens is 700 g/mol. The van der Waals surface area contributed by atoms with Crippen molar-refractivity contribution in [3.05, 3.63) is 24.3 Å². The van der Waals surface area contributed by atoms with E-state index in [2.05, 4.69) is 68.7 Å². The molecule has 0 bridgehead atoms. The van der Waals surface area contributed by atoms with Gasteiger partial charge in [-0.1, -0.05) is 24.3 Å². The second-order valence-corrected chi connectivity index (χ2v) is 27.8. The second kappa shape index (κ2) is 15.0. The molecule has 0 aromatic carbocycles. The van der Waals surface area contributed by atoms with Gasteiger partial charge in [0, 0.05) is 104 Å². The fourth-order valence-corrected chi connectivity index (χ4v) is 32.1. The molecule has 0 saturated carbocycles. The van der Waals surface area contributed by atoms with Gasteiger partial charge in [0.2, 0.25) is 30.0 Å². The van der Waals surface area contributed by atoms with Crippen LogP contribution in [0.2, 0.25) is 0 Å². The van der Waals surface area contributed by atoms with Gasteiger partial charge in [-0.05, 0) is 90.5 Å². The summed E-state index contributed by atoms with van der Waals surface area (Å²) in [6, 6.07) is 0. The first kappa shape index (κ1) is 35.8. The quantitative estimate of drug-likeness (QED) is 0.227. The van der Waals surface area contributed by atoms with Crippen LogP contribution < -0.4 is 0 Å². The maximum Gasteiger partial charge on any atom is 0.221 e. The van der Waals surface area contributed by atoms with Crippen LogP contribution >= 0.6 is 30.0 Å². The monoisotopic (exact) mass is 764 g/mol. The Morgan fingerprint density at radius 2 is 0.700 bits per heavy atom. The highest BCUT2D eigenvalue weighted by atomic mass is 31.3. The van der Waals surface area contributed by atoms with Gasteiger partial charge < -0.3 is 0 Å². The van der Waals surface area contributed by atoms with Gasteiger partial charge in [0.25, 0.3) is 0 Å². The Kier molecular flexibility index (Phi) is 10.7. The largest absolute Gasteiger partial charge is 0.243 e. The molecule has 0 aromatic heterocycles. The van der Waals surface area contributed by atoms with Crippen LogP contribution in [0.4, 0.5) is 0 Å². The zero-order chi connectivity index (χ0) is 33.7. The Hall–Kier alpha value is 0.0800. The van der Waals surface area contributed by atoms with Crippen molar-refractivity contribution in [3.63, 3.8) is 0 Å². The fraction of sp³-hybridized carbons (Fsp3) is 0.882. The maximum absolute atomic E-state index is 6.77. The van der Waals surface area contributed by atoms with E-state index in [1.54, 1.807) is 0 Å². The molecule has 8 heterocycles. The minimum Gasteiger partial charge on any atom is -0.243 e. The van der Waals surface area contributed by atoms with Gasteiger partial charge in [-0.15, -0.1) is 0 Å². The van der Waals surface area contributed by atoms with Gasteiger partial charge in [-0.3, -0.25) is 0 Å². The normalized spacial score (nSPS) is 35.1. The Balaban J connectivity index is 1.42. The summed E-state index contributed by atoms with van der Waals surface area (Å²) in [5, 5.41) is 0. The first-order chi connectivity index (χ1) is 24.6. The van der Waals surface area contributed by atoms with Crippen molar-refractivity contribution >= 4 is 30.0 Å². The third kappa shape index (κ3) is 6.20. The molecule has 1 spiro atoms. The topological polar surface area (TPSA) is 75.4 Å². The molecule has 0 amide bonds. The highest BCUT2D eigenvalue weighted by Crippen LogP contribution is 2.85. The minimum atomic E-state index is -2.61. The van der Waals surface area contributed by atoms with Crippen LogP contribution in [-0.4, -0.2) is 143 Å². The molecule has 9 aliphatic rings. The average Bonchev–Trinajstić information content (AvgIpc) is 3.98. The average molecular weight is 765 g/mol. The molecule has 8 aliphatic heterocycles. The van der Waals surface area contributed by atoms with Gasteiger partial charge in [0.05, 0.1) is 0 Å². The van der Waals surface area contributed by atoms with E-state index in [0.29, 0.717) is 5.92 Å². The molecule has 280 valence electrons. The third-order valence-electron chi connectivity index (χ3n) is 12.7. The first-order valence-electron chi connectivity index (χ1n) is 20.5. The molecule has 12 nitrogen and oxygen atoms in total. The SMILES string of the molecule is CN1CCCN(CC2C=CC=C2)P12=NP(N1CCCC1)(N1CCCC1)=NP(N1CCCC1)(N1CCCC1)=NP(N1CCCC1)(N1CCCC1)=N2. The van der Waals surface area contributed by atoms with Crippen LogP contribution in [-0.2, 0) is 0 Å². The Morgan fingerprint density at radius 3 is 1.04 bits per heavy atom. The van der Waals surface area contributed by atoms with E-state index >= 15 is 0 Å². The number of hydrogen-bond acceptors (Lipinski definition) is 12. The lowest BCUT2D eigenvalue weighted by Gasteiger charge is -2.52. The Morgan fingerprint density at radius 1 is 0.400 bits per heavy atom. The van der Waals surface area contributed by atoms with Crippen LogP contribution in [0, 0.1) is 5.92 Å². The second-order valence-electron chi connectivity index (χ2n) is 16.1. The standard InChI is InChI=1S/C34H64N12P4/c1-39-19-16-32-46(33-34-17-2-3-18-34)47(39)35-48(40-20-4-5-21-40,41-22-6-7-23-41)37-50(44-28-12-13-29-44,45-30-14-15-31-45)38-49(36-47,42-24-8-9-25-42)43-26-10-11-27-43/h2-3,17-18,34H,4-16,19-33H2,1H3. The highest BCUT2D eigenvalue weighted by Gasteiger charge is 2.54. The number of hydrogen-bond donors (Lipinski definition) is 0. The molecule has 9 rings (SSSR count). The summed E-state index contributed by atoms with van der Waals surface area (Å²) in [5.74, 6) is 0.418. The number of nitrogens with zero attached hydrogens (tertiary/aromatic N) is 12. The molecule has 0 radical (unpaired) electrons. The molecular formula is C34H64N12P4. The van der Waals surface area contributed by atoms with E-state index in [1.807, 2.05) is 0 Å². The van der Waals surface area contributed by atoms with Crippen molar-refractivity contribution in [2.75, 3.05) is 105 Å². The molecule has 1 atom stereocenters. The molecule has 7 fully saturated rings. The zero-order valence-electron chi connectivity index (χ0n) is 30.8. The summed E-state index contributed by atoms with van der Waals surface area (Å²) in [6.07, 6.45) is 25.6. The van der Waals surface area contributed by atoms with E-state index in [4.69, 9.17) is 18.1 Å². The smallest absolute Gasteiger partial charge is 0.221 e. The molecule has 1 aliphatic carbocycles. The zero-order valence-corrected chi connectivity index (χ0v) is 34.4. The van der Waals surface area contributed by atoms with Gasteiger partial charge in [-0.2, -0.15) is 18.1 Å². The van der Waals surface area contributed by atoms with Crippen molar-refractivity contribution in [1.29, 1.82) is 0 Å². The van der Waals surface area contributed by atoms with E-state index in [-0.39, 0.29) is 0 Å². The van der Waals surface area contributed by atoms with Crippen LogP contribution in [0.1, 0.15) is 83.5 Å². The molecule has 50 heavy (non-hydrogen) atoms. The van der Waals surface area contributed by atoms with Crippen molar-refractivity contribution < 1.29 is 0 Å². The summed E-state index contributed by atoms with van der Waals surface area (Å²) in [4.78, 5) is 0. The van der Waals surface area contributed by atoms with Gasteiger partial charge in [0.1, 0.15) is 0 Å². The lowest BCUT2D eigenvalue weighted by Crippen LogP contribution is -2.40. The van der Waals surface area contributed by atoms with Crippen LogP contribution in [0.15, 0.2) is 42.4 Å². The van der Waals surface area contributed by atoms with Gasteiger partial charge in [-0.25, -0.2) is 37.4 Å². The van der Waals surface area contributed by atoms with Crippen LogP contribution in [0.25, 0.3) is 0 Å². The lowest BCUT2D eigenvalue weighted by atomic mass is 10.2. The van der Waals surface area contributed by atoms with Crippen molar-refractivity contribution in [1.82, 2.24) is 37.4 Å². The molecule has 1 unspecified atom stereocenters. The minimum absolute atomic E-state index is 0.418. The molecule has 7 saturated heterocycles. The molecule has 0 aromatic rings. The molecule has 16 heteroatoms. The van der Waals surface area contributed by atoms with Gasteiger partial charge >= 0.3 is 0 Å². The summed E-state index contributed by atoms with van der Waals surface area (Å²) >= 11 is 0. The summed E-state index contributed by atoms with van der Waals surface area (Å²) in [6.45, 7) is 16.6. The van der Waals surface area contributed by atoms with Gasteiger partial charge in [0.15, 0.2) is 0 Å². The predicted octanol–water partition coefficient (Wildman–Crippen LogP) is 8.74. The maximum atomic E-state index is 6.77. The van der Waals surface area contributed by atoms with E-state index in [0.717, 1.165) is 98.2 Å². The van der Waals surface area contributed by atoms with Crippen molar-refractivity contribution in [3.8, 4) is 0 Å². The number of allylic oxidation sites excluding steroid dienone is 2. The summed E-state index contributed by atoms with van der Waals surface area (Å²) in [5.41, 5.74) is 0. The van der Waals surface area contributed by atoms with E-state index < -0.39 is 30.0 Å². The van der Waals surface area contributed by atoms with E-state index in [9.17, 15) is 0 Å². The van der Waals surface area contributed by atoms with Crippen LogP contribution in [0.3, 0.4) is 0 Å². The highest BCUT2D eigenvalue weighted by molar-refractivity contribution is 7.83. The summed E-state index contributed by atoms with van der Waals surface area (Å²) in [7, 11) is -7.83. The third-order valence-corrected chi connectivity index (χ3v) is 29.6. The predicted molar refractivity (Wildman–Crippen MR) is 213 cm³/mol. The van der Waals surface area contributed by atoms with Crippen LogP contribution in [0.5, 0.6) is 0 Å². The first-order valence-corrected chi connectivity index (χ1v) is 26.9. The van der Waals surface area contributed by atoms with E-state index in [1.165, 1.54) is 83.5 Å². The van der Waals surface area contributed by atoms with Crippen molar-refractivity contribution in [2.45, 2.75) is 83.5 Å².